The lowest BCUT2D eigenvalue weighted by Gasteiger charge is -2.23. The highest BCUT2D eigenvalue weighted by atomic mass is 35.5. The second kappa shape index (κ2) is 12.0. The number of rotatable bonds is 8. The van der Waals surface area contributed by atoms with Gasteiger partial charge < -0.3 is 19.3 Å². The van der Waals surface area contributed by atoms with E-state index < -0.39 is 17.7 Å². The zero-order valence-electron chi connectivity index (χ0n) is 22.3. The Morgan fingerprint density at radius 1 is 1.07 bits per heavy atom. The fourth-order valence-corrected chi connectivity index (χ4v) is 6.67. The Bertz CT molecular complexity index is 1690. The number of hydrogen-bond acceptors (Lipinski definition) is 10. The Morgan fingerprint density at radius 2 is 1.86 bits per heavy atom. The molecule has 214 valence electrons. The smallest absolute Gasteiger partial charge is 0.301 e. The van der Waals surface area contributed by atoms with E-state index in [1.807, 2.05) is 31.2 Å². The Hall–Kier alpha value is -4.06. The number of benzene rings is 3. The molecule has 1 fully saturated rings. The van der Waals surface area contributed by atoms with Crippen molar-refractivity contribution in [2.24, 2.45) is 0 Å². The van der Waals surface area contributed by atoms with E-state index in [2.05, 4.69) is 10.2 Å². The molecule has 2 aliphatic rings. The van der Waals surface area contributed by atoms with Crippen LogP contribution >= 0.6 is 34.7 Å². The number of nitrogens with zero attached hydrogens (tertiary/aromatic N) is 3. The minimum absolute atomic E-state index is 0.0732. The molecule has 1 saturated heterocycles. The maximum atomic E-state index is 13.6. The molecule has 0 aliphatic carbocycles. The number of thioether (sulfide) groups is 1. The van der Waals surface area contributed by atoms with Gasteiger partial charge in [0.15, 0.2) is 15.8 Å². The molecule has 3 heterocycles. The summed E-state index contributed by atoms with van der Waals surface area (Å²) in [4.78, 5) is 28.4. The number of fused-ring (bicyclic) bond motifs is 1. The predicted octanol–water partition coefficient (Wildman–Crippen LogP) is 6.28. The Balaban J connectivity index is 1.39. The first kappa shape index (κ1) is 28.1. The molecule has 0 radical (unpaired) electrons. The van der Waals surface area contributed by atoms with Crippen LogP contribution in [0.4, 0.5) is 5.13 Å². The van der Waals surface area contributed by atoms with Crippen molar-refractivity contribution >= 4 is 57.3 Å². The van der Waals surface area contributed by atoms with E-state index in [0.717, 1.165) is 5.56 Å². The Labute approximate surface area is 254 Å². The number of ketones is 1. The fraction of sp³-hybridized carbons (Fsp3) is 0.200. The first-order chi connectivity index (χ1) is 20.4. The van der Waals surface area contributed by atoms with Gasteiger partial charge in [-0.3, -0.25) is 14.5 Å². The van der Waals surface area contributed by atoms with Crippen LogP contribution in [0.15, 0.2) is 76.6 Å². The number of amides is 1. The second-order valence-corrected chi connectivity index (χ2v) is 11.9. The summed E-state index contributed by atoms with van der Waals surface area (Å²) in [5, 5.41) is 21.0. The lowest BCUT2D eigenvalue weighted by atomic mass is 9.95. The van der Waals surface area contributed by atoms with Crippen molar-refractivity contribution < 1.29 is 28.9 Å². The molecule has 12 heteroatoms. The highest BCUT2D eigenvalue weighted by Gasteiger charge is 2.48. The van der Waals surface area contributed by atoms with Crippen molar-refractivity contribution in [3.63, 3.8) is 0 Å². The van der Waals surface area contributed by atoms with Crippen LogP contribution in [0.2, 0.25) is 5.02 Å². The van der Waals surface area contributed by atoms with Gasteiger partial charge in [-0.1, -0.05) is 59.0 Å². The molecular formula is C30H24ClN3O6S2. The topological polar surface area (TPSA) is 111 Å². The maximum absolute atomic E-state index is 13.6. The van der Waals surface area contributed by atoms with Crippen LogP contribution in [0, 0.1) is 0 Å². The number of aliphatic hydroxyl groups is 1. The first-order valence-electron chi connectivity index (χ1n) is 13.1. The van der Waals surface area contributed by atoms with Crippen molar-refractivity contribution in [2.75, 3.05) is 24.7 Å². The molecule has 0 saturated carbocycles. The quantitative estimate of drug-likeness (QED) is 0.0799. The molecule has 0 unspecified atom stereocenters. The lowest BCUT2D eigenvalue weighted by molar-refractivity contribution is -0.132. The number of anilines is 1. The van der Waals surface area contributed by atoms with E-state index in [-0.39, 0.29) is 16.5 Å². The van der Waals surface area contributed by atoms with Gasteiger partial charge in [0.25, 0.3) is 5.78 Å². The van der Waals surface area contributed by atoms with Crippen molar-refractivity contribution in [3.8, 4) is 17.2 Å². The fourth-order valence-electron chi connectivity index (χ4n) is 4.72. The number of carbonyl (C=O) groups is 2. The van der Waals surface area contributed by atoms with Gasteiger partial charge in [-0.05, 0) is 60.5 Å². The predicted molar refractivity (Wildman–Crippen MR) is 161 cm³/mol. The molecular weight excluding hydrogens is 598 g/mol. The largest absolute Gasteiger partial charge is 0.507 e. The number of hydrogen-bond donors (Lipinski definition) is 1. The molecule has 3 aromatic carbocycles. The number of aromatic nitrogens is 2. The monoisotopic (exact) mass is 621 g/mol. The molecule has 0 bridgehead atoms. The summed E-state index contributed by atoms with van der Waals surface area (Å²) in [6.07, 6.45) is 0. The zero-order valence-corrected chi connectivity index (χ0v) is 24.7. The minimum Gasteiger partial charge on any atom is -0.507 e. The van der Waals surface area contributed by atoms with E-state index in [0.29, 0.717) is 63.3 Å². The van der Waals surface area contributed by atoms with Gasteiger partial charge >= 0.3 is 5.91 Å². The van der Waals surface area contributed by atoms with Gasteiger partial charge in [0.1, 0.15) is 24.7 Å². The summed E-state index contributed by atoms with van der Waals surface area (Å²) < 4.78 is 17.6. The van der Waals surface area contributed by atoms with Crippen LogP contribution in [0.3, 0.4) is 0 Å². The molecule has 6 rings (SSSR count). The number of Topliss-reactive ketones (excluding diaryl/α,β-unsaturated/α-hetero) is 1. The molecule has 1 atom stereocenters. The summed E-state index contributed by atoms with van der Waals surface area (Å²) in [7, 11) is 0. The summed E-state index contributed by atoms with van der Waals surface area (Å²) in [5.74, 6) is 0.190. The van der Waals surface area contributed by atoms with E-state index in [1.54, 1.807) is 42.5 Å². The van der Waals surface area contributed by atoms with Crippen molar-refractivity contribution in [2.45, 2.75) is 23.1 Å². The second-order valence-electron chi connectivity index (χ2n) is 9.30. The summed E-state index contributed by atoms with van der Waals surface area (Å²) >= 11 is 8.64. The average molecular weight is 622 g/mol. The molecule has 4 aromatic rings. The van der Waals surface area contributed by atoms with Crippen molar-refractivity contribution in [3.05, 3.63) is 94.0 Å². The number of ether oxygens (including phenoxy) is 3. The van der Waals surface area contributed by atoms with Gasteiger partial charge in [0.05, 0.1) is 18.2 Å². The van der Waals surface area contributed by atoms with Gasteiger partial charge in [-0.2, -0.15) is 0 Å². The van der Waals surface area contributed by atoms with Gasteiger partial charge in [-0.25, -0.2) is 0 Å². The summed E-state index contributed by atoms with van der Waals surface area (Å²) in [6.45, 7) is 3.08. The molecule has 1 N–H and O–H groups in total. The molecule has 2 aliphatic heterocycles. The average Bonchev–Trinajstić information content (AvgIpc) is 3.58. The van der Waals surface area contributed by atoms with Gasteiger partial charge in [0.2, 0.25) is 5.13 Å². The van der Waals surface area contributed by atoms with Crippen LogP contribution in [-0.4, -0.2) is 46.8 Å². The van der Waals surface area contributed by atoms with Crippen LogP contribution in [0.5, 0.6) is 17.2 Å². The van der Waals surface area contributed by atoms with E-state index in [4.69, 9.17) is 25.8 Å². The highest BCUT2D eigenvalue weighted by Crippen LogP contribution is 2.45. The summed E-state index contributed by atoms with van der Waals surface area (Å²) in [5.41, 5.74) is 1.87. The minimum atomic E-state index is -0.972. The number of halogens is 1. The third-order valence-electron chi connectivity index (χ3n) is 6.62. The lowest BCUT2D eigenvalue weighted by Crippen LogP contribution is -2.29. The van der Waals surface area contributed by atoms with Crippen LogP contribution in [0.25, 0.3) is 5.76 Å². The SMILES string of the molecule is CCOc1cccc([C@@H]2C(=C(O)c3ccc4c(c3)OCCO4)C(=O)C(=O)N2c2nnc(SCc3ccc(Cl)cc3)s2)c1. The molecule has 1 aromatic heterocycles. The zero-order chi connectivity index (χ0) is 29.2. The standard InChI is InChI=1S/C30H24ClN3O6S2/c1-2-38-21-5-3-4-18(14-21)25-24(26(35)19-8-11-22-23(15-19)40-13-12-39-22)27(36)28(37)34(25)29-32-33-30(42-29)41-16-17-6-9-20(31)10-7-17/h3-11,14-15,25,35H,2,12-13,16H2,1H3/t25-/m1/s1. The number of aliphatic hydroxyl groups excluding tert-OH is 1. The molecule has 1 amide bonds. The van der Waals surface area contributed by atoms with E-state index >= 15 is 0 Å². The van der Waals surface area contributed by atoms with Crippen LogP contribution in [-0.2, 0) is 15.3 Å². The molecule has 42 heavy (non-hydrogen) atoms. The first-order valence-corrected chi connectivity index (χ1v) is 15.3. The Morgan fingerprint density at radius 3 is 2.64 bits per heavy atom. The number of carbonyl (C=O) groups excluding carboxylic acids is 2. The third kappa shape index (κ3) is 5.55. The van der Waals surface area contributed by atoms with Gasteiger partial charge in [0, 0.05) is 16.3 Å². The molecule has 0 spiro atoms. The van der Waals surface area contributed by atoms with Gasteiger partial charge in [-0.15, -0.1) is 10.2 Å². The van der Waals surface area contributed by atoms with Crippen molar-refractivity contribution in [1.29, 1.82) is 0 Å². The van der Waals surface area contributed by atoms with Crippen molar-refractivity contribution in [1.82, 2.24) is 10.2 Å². The van der Waals surface area contributed by atoms with Crippen LogP contribution in [0.1, 0.15) is 29.7 Å². The third-order valence-corrected chi connectivity index (χ3v) is 9.00. The maximum Gasteiger partial charge on any atom is 0.301 e. The normalized spacial score (nSPS) is 17.5. The van der Waals surface area contributed by atoms with E-state index in [1.165, 1.54) is 28.0 Å². The Kier molecular flexibility index (Phi) is 8.05. The van der Waals surface area contributed by atoms with Crippen LogP contribution < -0.4 is 19.1 Å². The summed E-state index contributed by atoms with van der Waals surface area (Å²) in [6, 6.07) is 18.5. The molecule has 9 nitrogen and oxygen atoms in total. The van der Waals surface area contributed by atoms with E-state index in [9.17, 15) is 14.7 Å². The highest BCUT2D eigenvalue weighted by molar-refractivity contribution is 8.00.